The molecule has 1 aliphatic heterocycles. The first-order valence-electron chi connectivity index (χ1n) is 7.93. The summed E-state index contributed by atoms with van der Waals surface area (Å²) in [4.78, 5) is 13.9. The van der Waals surface area contributed by atoms with E-state index in [9.17, 15) is 15.0 Å². The highest BCUT2D eigenvalue weighted by Gasteiger charge is 2.46. The van der Waals surface area contributed by atoms with Crippen LogP contribution in [0.25, 0.3) is 0 Å². The van der Waals surface area contributed by atoms with Gasteiger partial charge in [0.2, 0.25) is 0 Å². The van der Waals surface area contributed by atoms with Gasteiger partial charge in [0.05, 0.1) is 13.2 Å². The maximum absolute atomic E-state index is 12.3. The smallest absolute Gasteiger partial charge is 0.254 e. The van der Waals surface area contributed by atoms with E-state index in [0.717, 1.165) is 16.9 Å². The van der Waals surface area contributed by atoms with Crippen LogP contribution in [0.4, 0.5) is 0 Å². The minimum Gasteiger partial charge on any atom is -0.497 e. The highest BCUT2D eigenvalue weighted by Crippen LogP contribution is 2.26. The van der Waals surface area contributed by atoms with E-state index in [1.807, 2.05) is 54.6 Å². The average Bonchev–Trinajstić information content (AvgIpc) is 2.81. The molecule has 0 aliphatic carbocycles. The van der Waals surface area contributed by atoms with Gasteiger partial charge in [-0.1, -0.05) is 42.5 Å². The third-order valence-corrected chi connectivity index (χ3v) is 4.45. The van der Waals surface area contributed by atoms with Crippen LogP contribution < -0.4 is 4.74 Å². The lowest BCUT2D eigenvalue weighted by molar-refractivity contribution is -0.136. The molecule has 2 N–H and O–H groups in total. The van der Waals surface area contributed by atoms with Gasteiger partial charge in [-0.15, -0.1) is 0 Å². The van der Waals surface area contributed by atoms with E-state index in [4.69, 9.17) is 4.74 Å². The van der Waals surface area contributed by atoms with Gasteiger partial charge in [-0.3, -0.25) is 4.79 Å². The quantitative estimate of drug-likeness (QED) is 0.870. The van der Waals surface area contributed by atoms with Gasteiger partial charge in [0, 0.05) is 6.54 Å². The highest BCUT2D eigenvalue weighted by molar-refractivity contribution is 5.84. The molecule has 1 fully saturated rings. The molecule has 0 radical (unpaired) electrons. The SMILES string of the molecule is COc1ccc(C[C@@H]2[C@H](O)[C@@H](O)C(=O)N2Cc2ccccc2)cc1. The van der Waals surface area contributed by atoms with Crippen molar-refractivity contribution in [2.45, 2.75) is 31.2 Å². The number of amides is 1. The van der Waals surface area contributed by atoms with Gasteiger partial charge in [0.15, 0.2) is 6.10 Å². The third-order valence-electron chi connectivity index (χ3n) is 4.45. The largest absolute Gasteiger partial charge is 0.497 e. The minimum atomic E-state index is -1.36. The molecule has 0 spiro atoms. The first-order valence-corrected chi connectivity index (χ1v) is 7.93. The van der Waals surface area contributed by atoms with Crippen molar-refractivity contribution >= 4 is 5.91 Å². The second-order valence-electron chi connectivity index (χ2n) is 6.01. The zero-order chi connectivity index (χ0) is 17.1. The number of methoxy groups -OCH3 is 1. The Morgan fingerprint density at radius 2 is 1.67 bits per heavy atom. The Balaban J connectivity index is 1.80. The van der Waals surface area contributed by atoms with Crippen molar-refractivity contribution in [2.75, 3.05) is 7.11 Å². The molecular formula is C19H21NO4. The number of hydrogen-bond donors (Lipinski definition) is 2. The van der Waals surface area contributed by atoms with Gasteiger partial charge in [0.1, 0.15) is 11.9 Å². The standard InChI is InChI=1S/C19H21NO4/c1-24-15-9-7-13(8-10-15)11-16-17(21)18(22)19(23)20(16)12-14-5-3-2-4-6-14/h2-10,16-18,21-22H,11-12H2,1H3/t16-,17+,18-/m1/s1. The third kappa shape index (κ3) is 3.27. The number of carbonyl (C=O) groups is 1. The summed E-state index contributed by atoms with van der Waals surface area (Å²) in [6, 6.07) is 16.6. The molecule has 0 saturated carbocycles. The number of carbonyl (C=O) groups excluding carboxylic acids is 1. The molecule has 5 nitrogen and oxygen atoms in total. The highest BCUT2D eigenvalue weighted by atomic mass is 16.5. The average molecular weight is 327 g/mol. The Kier molecular flexibility index (Phi) is 4.83. The predicted molar refractivity (Wildman–Crippen MR) is 89.5 cm³/mol. The van der Waals surface area contributed by atoms with E-state index in [1.54, 1.807) is 12.0 Å². The summed E-state index contributed by atoms with van der Waals surface area (Å²) in [5.74, 6) is 0.327. The molecule has 3 atom stereocenters. The van der Waals surface area contributed by atoms with Crippen molar-refractivity contribution in [2.24, 2.45) is 0 Å². The number of rotatable bonds is 5. The van der Waals surface area contributed by atoms with Gasteiger partial charge in [-0.25, -0.2) is 0 Å². The fraction of sp³-hybridized carbons (Fsp3) is 0.316. The number of hydrogen-bond acceptors (Lipinski definition) is 4. The Morgan fingerprint density at radius 3 is 2.29 bits per heavy atom. The Hall–Kier alpha value is -2.37. The molecule has 0 aromatic heterocycles. The van der Waals surface area contributed by atoms with E-state index in [1.165, 1.54) is 0 Å². The van der Waals surface area contributed by atoms with Crippen molar-refractivity contribution in [3.63, 3.8) is 0 Å². The van der Waals surface area contributed by atoms with E-state index in [-0.39, 0.29) is 0 Å². The summed E-state index contributed by atoms with van der Waals surface area (Å²) in [5.41, 5.74) is 1.94. The zero-order valence-electron chi connectivity index (χ0n) is 13.5. The summed E-state index contributed by atoms with van der Waals surface area (Å²) < 4.78 is 5.14. The monoisotopic (exact) mass is 327 g/mol. The van der Waals surface area contributed by atoms with Gasteiger partial charge in [-0.2, -0.15) is 0 Å². The van der Waals surface area contributed by atoms with Gasteiger partial charge < -0.3 is 19.8 Å². The number of nitrogens with zero attached hydrogens (tertiary/aromatic N) is 1. The summed E-state index contributed by atoms with van der Waals surface area (Å²) in [5, 5.41) is 20.3. The molecule has 5 heteroatoms. The number of aliphatic hydroxyl groups is 2. The summed E-state index contributed by atoms with van der Waals surface area (Å²) in [7, 11) is 1.60. The second-order valence-corrected chi connectivity index (χ2v) is 6.01. The molecule has 1 saturated heterocycles. The summed E-state index contributed by atoms with van der Waals surface area (Å²) in [6.07, 6.45) is -1.99. The molecule has 2 aromatic carbocycles. The fourth-order valence-electron chi connectivity index (χ4n) is 3.08. The molecule has 0 bridgehead atoms. The van der Waals surface area contributed by atoms with Crippen molar-refractivity contribution in [3.05, 3.63) is 65.7 Å². The van der Waals surface area contributed by atoms with Crippen LogP contribution in [-0.4, -0.2) is 46.4 Å². The van der Waals surface area contributed by atoms with E-state index < -0.39 is 24.2 Å². The summed E-state index contributed by atoms with van der Waals surface area (Å²) in [6.45, 7) is 0.370. The first kappa shape index (κ1) is 16.5. The maximum atomic E-state index is 12.3. The number of aliphatic hydroxyl groups excluding tert-OH is 2. The number of ether oxygens (including phenoxy) is 1. The first-order chi connectivity index (χ1) is 11.6. The molecule has 2 aromatic rings. The molecule has 1 aliphatic rings. The van der Waals surface area contributed by atoms with Gasteiger partial charge in [-0.05, 0) is 29.7 Å². The number of benzene rings is 2. The van der Waals surface area contributed by atoms with Crippen LogP contribution >= 0.6 is 0 Å². The van der Waals surface area contributed by atoms with E-state index in [2.05, 4.69) is 0 Å². The fourth-order valence-corrected chi connectivity index (χ4v) is 3.08. The Bertz CT molecular complexity index is 686. The van der Waals surface area contributed by atoms with Gasteiger partial charge >= 0.3 is 0 Å². The predicted octanol–water partition coefficient (Wildman–Crippen LogP) is 1.37. The lowest BCUT2D eigenvalue weighted by Gasteiger charge is -2.26. The molecule has 0 unspecified atom stereocenters. The lowest BCUT2D eigenvalue weighted by Crippen LogP contribution is -2.38. The van der Waals surface area contributed by atoms with Crippen LogP contribution in [0.3, 0.4) is 0 Å². The molecule has 1 heterocycles. The topological polar surface area (TPSA) is 70.0 Å². The van der Waals surface area contributed by atoms with Crippen LogP contribution in [0.1, 0.15) is 11.1 Å². The van der Waals surface area contributed by atoms with Crippen molar-refractivity contribution in [1.82, 2.24) is 4.90 Å². The lowest BCUT2D eigenvalue weighted by atomic mass is 10.0. The van der Waals surface area contributed by atoms with Crippen LogP contribution in [0.15, 0.2) is 54.6 Å². The van der Waals surface area contributed by atoms with Crippen molar-refractivity contribution in [1.29, 1.82) is 0 Å². The minimum absolute atomic E-state index is 0.370. The zero-order valence-corrected chi connectivity index (χ0v) is 13.5. The van der Waals surface area contributed by atoms with Crippen molar-refractivity contribution in [3.8, 4) is 5.75 Å². The van der Waals surface area contributed by atoms with E-state index in [0.29, 0.717) is 13.0 Å². The maximum Gasteiger partial charge on any atom is 0.254 e. The summed E-state index contributed by atoms with van der Waals surface area (Å²) >= 11 is 0. The second kappa shape index (κ2) is 7.03. The van der Waals surface area contributed by atoms with E-state index >= 15 is 0 Å². The Morgan fingerprint density at radius 1 is 1.00 bits per heavy atom. The van der Waals surface area contributed by atoms with Crippen LogP contribution in [0.2, 0.25) is 0 Å². The number of likely N-dealkylation sites (tertiary alicyclic amines) is 1. The van der Waals surface area contributed by atoms with Crippen LogP contribution in [-0.2, 0) is 17.8 Å². The van der Waals surface area contributed by atoms with Crippen LogP contribution in [0, 0.1) is 0 Å². The van der Waals surface area contributed by atoms with Crippen LogP contribution in [0.5, 0.6) is 5.75 Å². The molecule has 126 valence electrons. The Labute approximate surface area is 141 Å². The normalized spacial score (nSPS) is 23.5. The molecular weight excluding hydrogens is 306 g/mol. The molecule has 3 rings (SSSR count). The molecule has 1 amide bonds. The van der Waals surface area contributed by atoms with Crippen molar-refractivity contribution < 1.29 is 19.7 Å². The molecule has 24 heavy (non-hydrogen) atoms. The van der Waals surface area contributed by atoms with Gasteiger partial charge in [0.25, 0.3) is 5.91 Å².